The zero-order valence-corrected chi connectivity index (χ0v) is 12.3. The van der Waals surface area contributed by atoms with Crippen molar-refractivity contribution in [1.82, 2.24) is 0 Å². The highest BCUT2D eigenvalue weighted by Gasteiger charge is 2.20. The first-order chi connectivity index (χ1) is 9.27. The highest BCUT2D eigenvalue weighted by molar-refractivity contribution is 6.32. The lowest BCUT2D eigenvalue weighted by Gasteiger charge is -2.17. The predicted octanol–water partition coefficient (Wildman–Crippen LogP) is 3.35. The second-order valence-corrected chi connectivity index (χ2v) is 5.21. The minimum absolute atomic E-state index is 0.664. The van der Waals surface area contributed by atoms with Gasteiger partial charge >= 0.3 is 0 Å². The second kappa shape index (κ2) is 7.01. The molecule has 1 aromatic rings. The van der Waals surface area contributed by atoms with Crippen LogP contribution in [-0.4, -0.2) is 19.8 Å². The summed E-state index contributed by atoms with van der Waals surface area (Å²) in [6.45, 7) is 4.24. The van der Waals surface area contributed by atoms with Gasteiger partial charge in [-0.05, 0) is 43.9 Å². The van der Waals surface area contributed by atoms with Crippen LogP contribution in [-0.2, 0) is 12.8 Å². The van der Waals surface area contributed by atoms with E-state index in [1.807, 2.05) is 6.07 Å². The van der Waals surface area contributed by atoms with E-state index in [4.69, 9.17) is 26.8 Å². The molecule has 2 rings (SSSR count). The van der Waals surface area contributed by atoms with Crippen LogP contribution in [0.3, 0.4) is 0 Å². The Labute approximate surface area is 120 Å². The van der Waals surface area contributed by atoms with E-state index < -0.39 is 0 Å². The average molecular weight is 284 g/mol. The van der Waals surface area contributed by atoms with Gasteiger partial charge in [-0.1, -0.05) is 18.5 Å². The van der Waals surface area contributed by atoms with Crippen LogP contribution in [0, 0.1) is 0 Å². The van der Waals surface area contributed by atoms with Gasteiger partial charge in [-0.2, -0.15) is 0 Å². The second-order valence-electron chi connectivity index (χ2n) is 4.80. The van der Waals surface area contributed by atoms with E-state index in [1.54, 1.807) is 0 Å². The van der Waals surface area contributed by atoms with Gasteiger partial charge < -0.3 is 15.2 Å². The fourth-order valence-electron chi connectivity index (χ4n) is 2.46. The number of halogens is 1. The molecule has 0 amide bonds. The molecule has 19 heavy (non-hydrogen) atoms. The third kappa shape index (κ3) is 3.34. The fourth-order valence-corrected chi connectivity index (χ4v) is 2.73. The molecule has 0 bridgehead atoms. The van der Waals surface area contributed by atoms with Crippen LogP contribution < -0.4 is 15.2 Å². The minimum Gasteiger partial charge on any atom is -0.489 e. The number of ether oxygens (including phenoxy) is 2. The maximum absolute atomic E-state index is 6.33. The summed E-state index contributed by atoms with van der Waals surface area (Å²) in [5, 5.41) is 0.664. The summed E-state index contributed by atoms with van der Waals surface area (Å²) < 4.78 is 11.6. The summed E-state index contributed by atoms with van der Waals surface area (Å²) in [6, 6.07) is 2.03. The highest BCUT2D eigenvalue weighted by atomic mass is 35.5. The first-order valence-electron chi connectivity index (χ1n) is 7.07. The number of fused-ring (bicyclic) bond motifs is 1. The maximum Gasteiger partial charge on any atom is 0.180 e. The maximum atomic E-state index is 6.33. The Balaban J connectivity index is 2.33. The van der Waals surface area contributed by atoms with Crippen molar-refractivity contribution < 1.29 is 9.47 Å². The lowest BCUT2D eigenvalue weighted by molar-refractivity contribution is 0.296. The van der Waals surface area contributed by atoms with Gasteiger partial charge in [-0.25, -0.2) is 0 Å². The van der Waals surface area contributed by atoms with Crippen molar-refractivity contribution in [3.63, 3.8) is 0 Å². The summed E-state index contributed by atoms with van der Waals surface area (Å²) in [5.41, 5.74) is 8.06. The van der Waals surface area contributed by atoms with Crippen molar-refractivity contribution in [1.29, 1.82) is 0 Å². The van der Waals surface area contributed by atoms with Crippen LogP contribution in [0.1, 0.15) is 37.3 Å². The van der Waals surface area contributed by atoms with Crippen LogP contribution in [0.4, 0.5) is 0 Å². The smallest absolute Gasteiger partial charge is 0.180 e. The van der Waals surface area contributed by atoms with Crippen molar-refractivity contribution in [3.8, 4) is 11.5 Å². The Morgan fingerprint density at radius 3 is 2.63 bits per heavy atom. The quantitative estimate of drug-likeness (QED) is 0.843. The molecule has 1 aliphatic rings. The van der Waals surface area contributed by atoms with Gasteiger partial charge in [-0.15, -0.1) is 0 Å². The molecule has 0 unspecified atom stereocenters. The molecule has 0 saturated heterocycles. The number of aryl methyl sites for hydroxylation is 1. The Morgan fingerprint density at radius 2 is 1.95 bits per heavy atom. The molecule has 2 N–H and O–H groups in total. The van der Waals surface area contributed by atoms with E-state index in [1.165, 1.54) is 11.1 Å². The lowest BCUT2D eigenvalue weighted by Crippen LogP contribution is -2.03. The Bertz CT molecular complexity index is 435. The number of hydrogen-bond donors (Lipinski definition) is 1. The van der Waals surface area contributed by atoms with Crippen molar-refractivity contribution >= 4 is 11.6 Å². The van der Waals surface area contributed by atoms with E-state index in [9.17, 15) is 0 Å². The first kappa shape index (κ1) is 14.5. The van der Waals surface area contributed by atoms with Gasteiger partial charge in [-0.3, -0.25) is 0 Å². The fraction of sp³-hybridized carbons (Fsp3) is 0.600. The summed E-state index contributed by atoms with van der Waals surface area (Å²) in [7, 11) is 0. The zero-order chi connectivity index (χ0) is 13.7. The van der Waals surface area contributed by atoms with Crippen LogP contribution in [0.25, 0.3) is 0 Å². The lowest BCUT2D eigenvalue weighted by atomic mass is 9.98. The van der Waals surface area contributed by atoms with Crippen LogP contribution in [0.2, 0.25) is 5.02 Å². The van der Waals surface area contributed by atoms with Gasteiger partial charge in [0.2, 0.25) is 0 Å². The summed E-state index contributed by atoms with van der Waals surface area (Å²) in [6.07, 6.45) is 4.95. The number of benzene rings is 1. The molecule has 0 atom stereocenters. The molecule has 0 radical (unpaired) electrons. The number of rotatable bonds is 5. The Morgan fingerprint density at radius 1 is 1.21 bits per heavy atom. The van der Waals surface area contributed by atoms with E-state index >= 15 is 0 Å². The van der Waals surface area contributed by atoms with Crippen molar-refractivity contribution in [3.05, 3.63) is 22.2 Å². The van der Waals surface area contributed by atoms with Crippen molar-refractivity contribution in [2.75, 3.05) is 19.8 Å². The van der Waals surface area contributed by atoms with Gasteiger partial charge in [0.1, 0.15) is 0 Å². The molecule has 106 valence electrons. The Kier molecular flexibility index (Phi) is 5.34. The molecule has 0 aromatic heterocycles. The van der Waals surface area contributed by atoms with Crippen molar-refractivity contribution in [2.45, 2.75) is 39.0 Å². The number of hydrogen-bond acceptors (Lipinski definition) is 3. The molecular weight excluding hydrogens is 262 g/mol. The summed E-state index contributed by atoms with van der Waals surface area (Å²) in [4.78, 5) is 0. The minimum atomic E-state index is 0.664. The van der Waals surface area contributed by atoms with Crippen LogP contribution in [0.5, 0.6) is 11.5 Å². The SMILES string of the molecule is CCc1c(CCCCN)cc(Cl)c2c1OCCCO2. The zero-order valence-electron chi connectivity index (χ0n) is 11.5. The van der Waals surface area contributed by atoms with E-state index in [-0.39, 0.29) is 0 Å². The van der Waals surface area contributed by atoms with E-state index in [0.717, 1.165) is 50.1 Å². The van der Waals surface area contributed by atoms with E-state index in [2.05, 4.69) is 6.92 Å². The highest BCUT2D eigenvalue weighted by Crippen LogP contribution is 2.42. The summed E-state index contributed by atoms with van der Waals surface area (Å²) in [5.74, 6) is 1.58. The average Bonchev–Trinajstić information content (AvgIpc) is 2.65. The van der Waals surface area contributed by atoms with Gasteiger partial charge in [0, 0.05) is 12.0 Å². The normalized spacial score (nSPS) is 14.3. The molecule has 0 aliphatic carbocycles. The Hall–Kier alpha value is -0.930. The molecule has 4 heteroatoms. The molecular formula is C15H22ClNO2. The standard InChI is InChI=1S/C15H22ClNO2/c1-2-12-11(6-3-4-7-17)10-13(16)15-14(12)18-8-5-9-19-15/h10H,2-9,17H2,1H3. The third-order valence-electron chi connectivity index (χ3n) is 3.42. The van der Waals surface area contributed by atoms with Crippen molar-refractivity contribution in [2.24, 2.45) is 5.73 Å². The molecule has 3 nitrogen and oxygen atoms in total. The molecule has 0 fully saturated rings. The molecule has 0 spiro atoms. The van der Waals surface area contributed by atoms with Gasteiger partial charge in [0.15, 0.2) is 11.5 Å². The topological polar surface area (TPSA) is 44.5 Å². The van der Waals surface area contributed by atoms with Gasteiger partial charge in [0.25, 0.3) is 0 Å². The molecule has 1 heterocycles. The number of nitrogens with two attached hydrogens (primary N) is 1. The van der Waals surface area contributed by atoms with Crippen LogP contribution in [0.15, 0.2) is 6.07 Å². The van der Waals surface area contributed by atoms with Crippen LogP contribution >= 0.6 is 11.6 Å². The largest absolute Gasteiger partial charge is 0.489 e. The third-order valence-corrected chi connectivity index (χ3v) is 3.70. The van der Waals surface area contributed by atoms with Gasteiger partial charge in [0.05, 0.1) is 18.2 Å². The predicted molar refractivity (Wildman–Crippen MR) is 78.4 cm³/mol. The number of unbranched alkanes of at least 4 members (excludes halogenated alkanes) is 1. The molecule has 1 aromatic carbocycles. The molecule has 1 aliphatic heterocycles. The summed E-state index contributed by atoms with van der Waals surface area (Å²) >= 11 is 6.33. The first-order valence-corrected chi connectivity index (χ1v) is 7.45. The van der Waals surface area contributed by atoms with E-state index in [0.29, 0.717) is 18.2 Å². The molecule has 0 saturated carbocycles. The monoisotopic (exact) mass is 283 g/mol.